The summed E-state index contributed by atoms with van der Waals surface area (Å²) in [6.07, 6.45) is 3.26. The summed E-state index contributed by atoms with van der Waals surface area (Å²) in [7, 11) is 0. The second-order valence-corrected chi connectivity index (χ2v) is 3.70. The minimum atomic E-state index is -0.442. The molecule has 0 fully saturated rings. The van der Waals surface area contributed by atoms with Gasteiger partial charge in [0.05, 0.1) is 10.3 Å². The number of nitrogens with zero attached hydrogens (tertiary/aromatic N) is 3. The summed E-state index contributed by atoms with van der Waals surface area (Å²) < 4.78 is 5.15. The normalized spacial score (nSPS) is 10.7. The van der Waals surface area contributed by atoms with E-state index >= 15 is 0 Å². The molecule has 3 rings (SSSR count). The van der Waals surface area contributed by atoms with Crippen molar-refractivity contribution in [3.8, 4) is 11.3 Å². The van der Waals surface area contributed by atoms with Crippen molar-refractivity contribution in [3.63, 3.8) is 0 Å². The Morgan fingerprint density at radius 3 is 2.67 bits per heavy atom. The van der Waals surface area contributed by atoms with Crippen LogP contribution in [0.2, 0.25) is 0 Å². The number of fused-ring (bicyclic) bond motifs is 1. The molecule has 18 heavy (non-hydrogen) atoms. The van der Waals surface area contributed by atoms with Crippen LogP contribution in [0.3, 0.4) is 0 Å². The van der Waals surface area contributed by atoms with E-state index in [1.807, 2.05) is 0 Å². The third-order valence-electron chi connectivity index (χ3n) is 2.62. The number of non-ortho nitro benzene ring substituents is 1. The van der Waals surface area contributed by atoms with Crippen molar-refractivity contribution in [2.75, 3.05) is 0 Å². The lowest BCUT2D eigenvalue weighted by Gasteiger charge is -1.95. The molecule has 88 valence electrons. The Kier molecular flexibility index (Phi) is 2.26. The lowest BCUT2D eigenvalue weighted by atomic mass is 10.1. The van der Waals surface area contributed by atoms with Gasteiger partial charge in [-0.15, -0.1) is 0 Å². The first-order valence-corrected chi connectivity index (χ1v) is 5.20. The number of benzene rings is 1. The summed E-state index contributed by atoms with van der Waals surface area (Å²) in [5.74, 6) is 0. The van der Waals surface area contributed by atoms with E-state index in [1.54, 1.807) is 30.6 Å². The van der Waals surface area contributed by atoms with Gasteiger partial charge in [0.1, 0.15) is 5.69 Å². The van der Waals surface area contributed by atoms with E-state index in [1.165, 1.54) is 12.1 Å². The fourth-order valence-electron chi connectivity index (χ4n) is 1.76. The number of aromatic nitrogens is 2. The summed E-state index contributed by atoms with van der Waals surface area (Å²) in [4.78, 5) is 14.2. The number of pyridine rings is 1. The quantitative estimate of drug-likeness (QED) is 0.509. The Morgan fingerprint density at radius 2 is 1.94 bits per heavy atom. The molecule has 0 saturated carbocycles. The zero-order valence-corrected chi connectivity index (χ0v) is 9.11. The van der Waals surface area contributed by atoms with Gasteiger partial charge in [-0.3, -0.25) is 15.1 Å². The fraction of sp³-hybridized carbons (Fsp3) is 0. The Balaban J connectivity index is 2.24. The van der Waals surface area contributed by atoms with Crippen LogP contribution in [-0.4, -0.2) is 15.1 Å². The second-order valence-electron chi connectivity index (χ2n) is 3.70. The summed E-state index contributed by atoms with van der Waals surface area (Å²) in [6.45, 7) is 0. The van der Waals surface area contributed by atoms with Crippen molar-refractivity contribution < 1.29 is 9.45 Å². The molecule has 0 aliphatic heterocycles. The average Bonchev–Trinajstić information content (AvgIpc) is 2.82. The van der Waals surface area contributed by atoms with Gasteiger partial charge in [0.15, 0.2) is 5.58 Å². The van der Waals surface area contributed by atoms with Gasteiger partial charge in [-0.05, 0) is 18.2 Å². The molecule has 0 spiro atoms. The first-order valence-electron chi connectivity index (χ1n) is 5.20. The molecule has 6 heteroatoms. The smallest absolute Gasteiger partial charge is 0.270 e. The largest absolute Gasteiger partial charge is 0.356 e. The summed E-state index contributed by atoms with van der Waals surface area (Å²) >= 11 is 0. The molecular formula is C12H7N3O3. The number of hydrogen-bond donors (Lipinski definition) is 0. The molecule has 2 heterocycles. The average molecular weight is 241 g/mol. The second kappa shape index (κ2) is 3.92. The Morgan fingerprint density at radius 1 is 1.17 bits per heavy atom. The maximum atomic E-state index is 10.8. The van der Waals surface area contributed by atoms with Crippen molar-refractivity contribution in [1.82, 2.24) is 10.1 Å². The SMILES string of the molecule is O=[N+]([O-])c1ccc2onc(-c3ccncc3)c2c1. The van der Waals surface area contributed by atoms with Gasteiger partial charge < -0.3 is 4.52 Å². The van der Waals surface area contributed by atoms with E-state index in [9.17, 15) is 10.1 Å². The molecule has 0 N–H and O–H groups in total. The van der Waals surface area contributed by atoms with Crippen molar-refractivity contribution in [1.29, 1.82) is 0 Å². The van der Waals surface area contributed by atoms with Crippen LogP contribution in [0.1, 0.15) is 0 Å². The van der Waals surface area contributed by atoms with E-state index < -0.39 is 4.92 Å². The molecule has 0 amide bonds. The standard InChI is InChI=1S/C12H7N3O3/c16-15(17)9-1-2-11-10(7-9)12(14-18-11)8-3-5-13-6-4-8/h1-7H. The molecule has 3 aromatic rings. The van der Waals surface area contributed by atoms with Crippen molar-refractivity contribution >= 4 is 16.7 Å². The van der Waals surface area contributed by atoms with E-state index in [0.29, 0.717) is 16.7 Å². The maximum Gasteiger partial charge on any atom is 0.270 e. The van der Waals surface area contributed by atoms with Crippen LogP contribution in [0.5, 0.6) is 0 Å². The highest BCUT2D eigenvalue weighted by atomic mass is 16.6. The van der Waals surface area contributed by atoms with E-state index in [2.05, 4.69) is 10.1 Å². The molecule has 0 bridgehead atoms. The highest BCUT2D eigenvalue weighted by molar-refractivity contribution is 5.92. The van der Waals surface area contributed by atoms with Crippen molar-refractivity contribution in [3.05, 3.63) is 52.8 Å². The molecule has 0 atom stereocenters. The van der Waals surface area contributed by atoms with Gasteiger partial charge >= 0.3 is 0 Å². The summed E-state index contributed by atoms with van der Waals surface area (Å²) in [5, 5.41) is 15.3. The number of nitro benzene ring substituents is 1. The third-order valence-corrected chi connectivity index (χ3v) is 2.62. The van der Waals surface area contributed by atoms with Crippen LogP contribution in [-0.2, 0) is 0 Å². The predicted octanol–water partition coefficient (Wildman–Crippen LogP) is 2.80. The van der Waals surface area contributed by atoms with Gasteiger partial charge in [0, 0.05) is 30.1 Å². The van der Waals surface area contributed by atoms with Gasteiger partial charge in [0.25, 0.3) is 5.69 Å². The summed E-state index contributed by atoms with van der Waals surface area (Å²) in [6, 6.07) is 7.95. The molecule has 2 aromatic heterocycles. The van der Waals surface area contributed by atoms with Crippen molar-refractivity contribution in [2.45, 2.75) is 0 Å². The Hall–Kier alpha value is -2.76. The lowest BCUT2D eigenvalue weighted by molar-refractivity contribution is -0.384. The Bertz CT molecular complexity index is 722. The molecule has 0 aliphatic rings. The van der Waals surface area contributed by atoms with Crippen LogP contribution in [0.15, 0.2) is 47.2 Å². The third kappa shape index (κ3) is 1.60. The molecule has 0 radical (unpaired) electrons. The number of rotatable bonds is 2. The van der Waals surface area contributed by atoms with Gasteiger partial charge in [-0.25, -0.2) is 0 Å². The maximum absolute atomic E-state index is 10.8. The zero-order valence-electron chi connectivity index (χ0n) is 9.11. The van der Waals surface area contributed by atoms with Crippen LogP contribution in [0, 0.1) is 10.1 Å². The fourth-order valence-corrected chi connectivity index (χ4v) is 1.76. The Labute approximate surface area is 101 Å². The van der Waals surface area contributed by atoms with Crippen LogP contribution >= 0.6 is 0 Å². The molecular weight excluding hydrogens is 234 g/mol. The topological polar surface area (TPSA) is 82.1 Å². The molecule has 0 aliphatic carbocycles. The minimum Gasteiger partial charge on any atom is -0.356 e. The van der Waals surface area contributed by atoms with Crippen LogP contribution in [0.25, 0.3) is 22.2 Å². The van der Waals surface area contributed by atoms with Crippen LogP contribution in [0.4, 0.5) is 5.69 Å². The van der Waals surface area contributed by atoms with E-state index in [0.717, 1.165) is 5.56 Å². The zero-order chi connectivity index (χ0) is 12.5. The minimum absolute atomic E-state index is 0.0148. The number of hydrogen-bond acceptors (Lipinski definition) is 5. The van der Waals surface area contributed by atoms with E-state index in [4.69, 9.17) is 4.52 Å². The van der Waals surface area contributed by atoms with Gasteiger partial charge in [0.2, 0.25) is 0 Å². The summed E-state index contributed by atoms with van der Waals surface area (Å²) in [5.41, 5.74) is 1.92. The van der Waals surface area contributed by atoms with E-state index in [-0.39, 0.29) is 5.69 Å². The molecule has 6 nitrogen and oxygen atoms in total. The number of nitro groups is 1. The highest BCUT2D eigenvalue weighted by Gasteiger charge is 2.14. The highest BCUT2D eigenvalue weighted by Crippen LogP contribution is 2.30. The van der Waals surface area contributed by atoms with Crippen molar-refractivity contribution in [2.24, 2.45) is 0 Å². The van der Waals surface area contributed by atoms with Gasteiger partial charge in [-0.2, -0.15) is 0 Å². The van der Waals surface area contributed by atoms with Crippen LogP contribution < -0.4 is 0 Å². The lowest BCUT2D eigenvalue weighted by Crippen LogP contribution is -1.87. The predicted molar refractivity (Wildman–Crippen MR) is 63.9 cm³/mol. The first kappa shape index (κ1) is 10.4. The first-order chi connectivity index (χ1) is 8.75. The molecule has 0 saturated heterocycles. The van der Waals surface area contributed by atoms with Gasteiger partial charge in [-0.1, -0.05) is 5.16 Å². The molecule has 0 unspecified atom stereocenters. The monoisotopic (exact) mass is 241 g/mol. The molecule has 1 aromatic carbocycles.